The lowest BCUT2D eigenvalue weighted by Crippen LogP contribution is -2.58. The molecular weight excluding hydrogens is 358 g/mol. The van der Waals surface area contributed by atoms with Gasteiger partial charge in [0.2, 0.25) is 0 Å². The average molecular weight is 386 g/mol. The predicted octanol–water partition coefficient (Wildman–Crippen LogP) is 2.00. The fourth-order valence-electron chi connectivity index (χ4n) is 4.40. The van der Waals surface area contributed by atoms with Gasteiger partial charge in [-0.05, 0) is 37.1 Å². The zero-order chi connectivity index (χ0) is 18.7. The highest BCUT2D eigenvalue weighted by molar-refractivity contribution is 7.91. The van der Waals surface area contributed by atoms with Crippen molar-refractivity contribution in [1.29, 1.82) is 0 Å². The molecule has 0 N–H and O–H groups in total. The van der Waals surface area contributed by atoms with Gasteiger partial charge in [-0.3, -0.25) is 14.8 Å². The van der Waals surface area contributed by atoms with Crippen LogP contribution in [0.25, 0.3) is 0 Å². The van der Waals surface area contributed by atoms with Gasteiger partial charge < -0.3 is 0 Å². The number of nitrogens with zero attached hydrogens (tertiary/aromatic N) is 3. The smallest absolute Gasteiger partial charge is 0.153 e. The number of sulfone groups is 1. The lowest BCUT2D eigenvalue weighted by molar-refractivity contribution is 0.0391. The summed E-state index contributed by atoms with van der Waals surface area (Å²) in [4.78, 5) is 9.16. The van der Waals surface area contributed by atoms with Crippen molar-refractivity contribution < 1.29 is 8.42 Å². The van der Waals surface area contributed by atoms with E-state index in [0.29, 0.717) is 5.75 Å². The van der Waals surface area contributed by atoms with E-state index in [4.69, 9.17) is 0 Å². The second kappa shape index (κ2) is 8.09. The molecule has 1 aromatic carbocycles. The number of aromatic nitrogens is 1. The van der Waals surface area contributed by atoms with Crippen LogP contribution in [0.4, 0.5) is 0 Å². The Balaban J connectivity index is 1.40. The van der Waals surface area contributed by atoms with Crippen molar-refractivity contribution >= 4 is 9.84 Å². The van der Waals surface area contributed by atoms with Gasteiger partial charge in [-0.1, -0.05) is 36.4 Å². The maximum Gasteiger partial charge on any atom is 0.153 e. The van der Waals surface area contributed by atoms with Gasteiger partial charge in [0, 0.05) is 37.9 Å². The van der Waals surface area contributed by atoms with Crippen LogP contribution >= 0.6 is 0 Å². The molecule has 0 amide bonds. The van der Waals surface area contributed by atoms with E-state index in [2.05, 4.69) is 39.0 Å². The summed E-state index contributed by atoms with van der Waals surface area (Å²) < 4.78 is 24.7. The predicted molar refractivity (Wildman–Crippen MR) is 107 cm³/mol. The minimum Gasteiger partial charge on any atom is -0.296 e. The molecule has 6 heteroatoms. The van der Waals surface area contributed by atoms with Crippen LogP contribution in [0.3, 0.4) is 0 Å². The van der Waals surface area contributed by atoms with E-state index in [1.54, 1.807) is 6.20 Å². The molecule has 1 aromatic heterocycles. The van der Waals surface area contributed by atoms with E-state index in [1.165, 1.54) is 5.56 Å². The molecule has 144 valence electrons. The fourth-order valence-corrected chi connectivity index (χ4v) is 6.44. The molecule has 2 atom stereocenters. The highest BCUT2D eigenvalue weighted by Crippen LogP contribution is 2.28. The van der Waals surface area contributed by atoms with Crippen molar-refractivity contribution in [2.24, 2.45) is 0 Å². The first-order valence-electron chi connectivity index (χ1n) is 9.73. The molecule has 0 aliphatic carbocycles. The van der Waals surface area contributed by atoms with Gasteiger partial charge in [0.25, 0.3) is 0 Å². The Morgan fingerprint density at radius 3 is 2.37 bits per heavy atom. The van der Waals surface area contributed by atoms with E-state index in [-0.39, 0.29) is 17.8 Å². The number of fused-ring (bicyclic) bond motifs is 1. The Morgan fingerprint density at radius 1 is 0.926 bits per heavy atom. The third kappa shape index (κ3) is 4.57. The number of piperazine rings is 1. The highest BCUT2D eigenvalue weighted by atomic mass is 32.2. The number of aryl methyl sites for hydroxylation is 1. The molecule has 2 aromatic rings. The summed E-state index contributed by atoms with van der Waals surface area (Å²) in [5.41, 5.74) is 2.36. The SMILES string of the molecule is O=S1(=O)C[C@@H]2[C@H](C1)N(Cc1ccccn1)CCN2CCCc1ccccc1. The summed E-state index contributed by atoms with van der Waals surface area (Å²) in [5.74, 6) is 0.571. The number of hydrogen-bond acceptors (Lipinski definition) is 5. The van der Waals surface area contributed by atoms with E-state index >= 15 is 0 Å². The summed E-state index contributed by atoms with van der Waals surface area (Å²) in [6.07, 6.45) is 3.91. The average Bonchev–Trinajstić information content (AvgIpc) is 3.01. The van der Waals surface area contributed by atoms with Crippen molar-refractivity contribution in [2.45, 2.75) is 31.5 Å². The number of pyridine rings is 1. The van der Waals surface area contributed by atoms with E-state index < -0.39 is 9.84 Å². The molecule has 4 rings (SSSR count). The molecule has 0 spiro atoms. The van der Waals surface area contributed by atoms with E-state index in [1.807, 2.05) is 24.3 Å². The fraction of sp³-hybridized carbons (Fsp3) is 0.476. The Morgan fingerprint density at radius 2 is 1.63 bits per heavy atom. The van der Waals surface area contributed by atoms with Crippen LogP contribution in [0.15, 0.2) is 54.7 Å². The molecule has 5 nitrogen and oxygen atoms in total. The quantitative estimate of drug-likeness (QED) is 0.761. The first kappa shape index (κ1) is 18.6. The Hall–Kier alpha value is -1.76. The molecule has 27 heavy (non-hydrogen) atoms. The van der Waals surface area contributed by atoms with Crippen LogP contribution in [-0.2, 0) is 22.8 Å². The van der Waals surface area contributed by atoms with Crippen molar-refractivity contribution in [1.82, 2.24) is 14.8 Å². The second-order valence-corrected chi connectivity index (χ2v) is 9.78. The van der Waals surface area contributed by atoms with Gasteiger partial charge >= 0.3 is 0 Å². The number of hydrogen-bond donors (Lipinski definition) is 0. The van der Waals surface area contributed by atoms with Crippen molar-refractivity contribution in [2.75, 3.05) is 31.1 Å². The topological polar surface area (TPSA) is 53.5 Å². The third-order valence-electron chi connectivity index (χ3n) is 5.75. The first-order valence-corrected chi connectivity index (χ1v) is 11.6. The van der Waals surface area contributed by atoms with Crippen LogP contribution in [0.1, 0.15) is 17.7 Å². The molecular formula is C21H27N3O2S. The lowest BCUT2D eigenvalue weighted by Gasteiger charge is -2.44. The Labute approximate surface area is 161 Å². The minimum absolute atomic E-state index is 0.0856. The van der Waals surface area contributed by atoms with Crippen molar-refractivity contribution in [3.8, 4) is 0 Å². The van der Waals surface area contributed by atoms with Crippen LogP contribution in [-0.4, -0.2) is 66.4 Å². The van der Waals surface area contributed by atoms with Crippen LogP contribution in [0.2, 0.25) is 0 Å². The molecule has 0 bridgehead atoms. The van der Waals surface area contributed by atoms with E-state index in [0.717, 1.165) is 44.7 Å². The minimum atomic E-state index is -2.97. The summed E-state index contributed by atoms with van der Waals surface area (Å²) in [7, 11) is -2.97. The second-order valence-electron chi connectivity index (χ2n) is 7.63. The molecule has 2 saturated heterocycles. The maximum absolute atomic E-state index is 12.4. The van der Waals surface area contributed by atoms with Crippen molar-refractivity contribution in [3.05, 3.63) is 66.0 Å². The third-order valence-corrected chi connectivity index (χ3v) is 7.45. The van der Waals surface area contributed by atoms with E-state index in [9.17, 15) is 8.42 Å². The van der Waals surface area contributed by atoms with Gasteiger partial charge in [-0.15, -0.1) is 0 Å². The molecule has 2 fully saturated rings. The lowest BCUT2D eigenvalue weighted by atomic mass is 10.0. The van der Waals surface area contributed by atoms with Gasteiger partial charge in [-0.2, -0.15) is 0 Å². The summed E-state index contributed by atoms with van der Waals surface area (Å²) in [6, 6.07) is 16.6. The van der Waals surface area contributed by atoms with Crippen molar-refractivity contribution in [3.63, 3.8) is 0 Å². The Bertz CT molecular complexity index is 842. The standard InChI is InChI=1S/C21H27N3O2S/c25-27(26)16-20-21(17-27)24(15-19-10-4-5-11-22-19)14-13-23(20)12-6-9-18-7-2-1-3-8-18/h1-5,7-8,10-11,20-21H,6,9,12-17H2/t20-,21+/m1/s1. The van der Waals surface area contributed by atoms with Gasteiger partial charge in [0.15, 0.2) is 9.84 Å². The Kier molecular flexibility index (Phi) is 5.57. The van der Waals surface area contributed by atoms with Crippen LogP contribution in [0.5, 0.6) is 0 Å². The monoisotopic (exact) mass is 385 g/mol. The molecule has 0 unspecified atom stereocenters. The zero-order valence-corrected chi connectivity index (χ0v) is 16.4. The summed E-state index contributed by atoms with van der Waals surface area (Å²) >= 11 is 0. The van der Waals surface area contributed by atoms with Crippen LogP contribution in [0, 0.1) is 0 Å². The molecule has 2 aliphatic heterocycles. The molecule has 2 aliphatic rings. The normalized spacial score (nSPS) is 25.3. The molecule has 0 saturated carbocycles. The van der Waals surface area contributed by atoms with Gasteiger partial charge in [0.1, 0.15) is 0 Å². The summed E-state index contributed by atoms with van der Waals surface area (Å²) in [6.45, 7) is 3.52. The highest BCUT2D eigenvalue weighted by Gasteiger charge is 2.46. The maximum atomic E-state index is 12.4. The number of rotatable bonds is 6. The summed E-state index contributed by atoms with van der Waals surface area (Å²) in [5, 5.41) is 0. The zero-order valence-electron chi connectivity index (χ0n) is 15.6. The number of benzene rings is 1. The molecule has 0 radical (unpaired) electrons. The first-order chi connectivity index (χ1) is 13.1. The largest absolute Gasteiger partial charge is 0.296 e. The van der Waals surface area contributed by atoms with Crippen LogP contribution < -0.4 is 0 Å². The van der Waals surface area contributed by atoms with Gasteiger partial charge in [-0.25, -0.2) is 8.42 Å². The molecule has 3 heterocycles. The van der Waals surface area contributed by atoms with Gasteiger partial charge in [0.05, 0.1) is 17.2 Å².